The lowest BCUT2D eigenvalue weighted by molar-refractivity contribution is -0.482. The molecule has 0 aromatic heterocycles. The fourth-order valence-corrected chi connectivity index (χ4v) is 2.54. The van der Waals surface area contributed by atoms with E-state index in [1.165, 1.54) is 0 Å². The van der Waals surface area contributed by atoms with Crippen LogP contribution in [-0.2, 0) is 9.53 Å². The highest BCUT2D eigenvalue weighted by Crippen LogP contribution is 2.67. The molecule has 0 bridgehead atoms. The molecule has 0 aliphatic carbocycles. The molecular weight excluding hydrogens is 723 g/mol. The van der Waals surface area contributed by atoms with Crippen LogP contribution in [0.3, 0.4) is 0 Å². The van der Waals surface area contributed by atoms with Crippen LogP contribution in [-0.4, -0.2) is 83.9 Å². The molecule has 0 N–H and O–H groups in total. The van der Waals surface area contributed by atoms with E-state index in [-0.39, 0.29) is 0 Å². The molecular formula is C18H9F25O2. The minimum atomic E-state index is -9.63. The van der Waals surface area contributed by atoms with E-state index in [0.29, 0.717) is 6.92 Å². The quantitative estimate of drug-likeness (QED) is 0.101. The molecule has 0 rings (SSSR count). The molecule has 0 radical (unpaired) electrons. The molecule has 0 heterocycles. The Hall–Kier alpha value is -2.54. The maximum absolute atomic E-state index is 13.8. The third-order valence-corrected chi connectivity index (χ3v) is 5.36. The van der Waals surface area contributed by atoms with Crippen molar-refractivity contribution in [3.8, 4) is 0 Å². The molecule has 0 amide bonds. The van der Waals surface area contributed by atoms with Gasteiger partial charge in [-0.25, -0.2) is 4.79 Å². The molecule has 27 heteroatoms. The van der Waals surface area contributed by atoms with Crippen LogP contribution >= 0.6 is 0 Å². The normalized spacial score (nSPS) is 16.1. The third-order valence-electron chi connectivity index (χ3n) is 5.36. The second-order valence-corrected chi connectivity index (χ2v) is 8.61. The van der Waals surface area contributed by atoms with E-state index in [4.69, 9.17) is 0 Å². The summed E-state index contributed by atoms with van der Waals surface area (Å²) in [6, 6.07) is 0. The zero-order valence-electron chi connectivity index (χ0n) is 20.4. The molecule has 268 valence electrons. The topological polar surface area (TPSA) is 26.3 Å². The molecule has 45 heavy (non-hydrogen) atoms. The van der Waals surface area contributed by atoms with Crippen molar-refractivity contribution in [1.29, 1.82) is 0 Å². The summed E-state index contributed by atoms with van der Waals surface area (Å²) in [5.74, 6) is -101. The van der Waals surface area contributed by atoms with Gasteiger partial charge in [-0.15, -0.1) is 0 Å². The molecule has 0 atom stereocenters. The van der Waals surface area contributed by atoms with Gasteiger partial charge in [-0.3, -0.25) is 0 Å². The fraction of sp³-hybridized carbons (Fsp3) is 0.833. The lowest BCUT2D eigenvalue weighted by Gasteiger charge is -2.45. The van der Waals surface area contributed by atoms with Crippen molar-refractivity contribution in [2.24, 2.45) is 0 Å². The predicted octanol–water partition coefficient (Wildman–Crippen LogP) is 9.05. The van der Waals surface area contributed by atoms with Crippen LogP contribution in [0.5, 0.6) is 0 Å². The van der Waals surface area contributed by atoms with Gasteiger partial charge >= 0.3 is 77.3 Å². The van der Waals surface area contributed by atoms with Gasteiger partial charge in [-0.1, -0.05) is 6.58 Å². The van der Waals surface area contributed by atoms with Crippen molar-refractivity contribution in [3.05, 3.63) is 12.2 Å². The molecule has 2 nitrogen and oxygen atoms in total. The van der Waals surface area contributed by atoms with Crippen LogP contribution in [0.1, 0.15) is 13.3 Å². The first kappa shape index (κ1) is 42.5. The van der Waals surface area contributed by atoms with Crippen LogP contribution < -0.4 is 0 Å². The second-order valence-electron chi connectivity index (χ2n) is 8.61. The molecule has 0 aromatic rings. The second kappa shape index (κ2) is 11.0. The smallest absolute Gasteiger partial charge is 0.460 e. The molecule has 0 spiro atoms. The summed E-state index contributed by atoms with van der Waals surface area (Å²) in [5.41, 5.74) is -0.757. The number of rotatable bonds is 14. The summed E-state index contributed by atoms with van der Waals surface area (Å²) in [6.07, 6.45) is -11.3. The zero-order chi connectivity index (χ0) is 37.3. The van der Waals surface area contributed by atoms with E-state index in [9.17, 15) is 115 Å². The van der Waals surface area contributed by atoms with Crippen LogP contribution in [0.25, 0.3) is 0 Å². The van der Waals surface area contributed by atoms with Crippen molar-refractivity contribution in [2.45, 2.75) is 84.7 Å². The Morgan fingerprint density at radius 3 is 0.889 bits per heavy atom. The average molecular weight is 732 g/mol. The third kappa shape index (κ3) is 5.59. The summed E-state index contributed by atoms with van der Waals surface area (Å²) in [4.78, 5) is 11.0. The highest BCUT2D eigenvalue weighted by Gasteiger charge is 2.99. The Kier molecular flexibility index (Phi) is 10.4. The number of hydrogen-bond donors (Lipinski definition) is 0. The summed E-state index contributed by atoms with van der Waals surface area (Å²) >= 11 is 0. The van der Waals surface area contributed by atoms with Crippen LogP contribution in [0.2, 0.25) is 0 Å². The number of carbonyl (C=O) groups excluding carboxylic acids is 1. The van der Waals surface area contributed by atoms with E-state index in [1.807, 2.05) is 0 Å². The van der Waals surface area contributed by atoms with E-state index < -0.39 is 95.9 Å². The monoisotopic (exact) mass is 732 g/mol. The molecule has 0 aliphatic rings. The van der Waals surface area contributed by atoms with Crippen molar-refractivity contribution in [1.82, 2.24) is 0 Å². The van der Waals surface area contributed by atoms with Crippen molar-refractivity contribution >= 4 is 5.97 Å². The number of ether oxygens (including phenoxy) is 1. The highest BCUT2D eigenvalue weighted by molar-refractivity contribution is 5.86. The van der Waals surface area contributed by atoms with Crippen molar-refractivity contribution in [2.75, 3.05) is 6.61 Å². The van der Waals surface area contributed by atoms with E-state index >= 15 is 0 Å². The molecule has 0 aromatic carbocycles. The molecule has 0 saturated carbocycles. The standard InChI is InChI=1S/C18H9F25O2/c1-5(2)6(44)45-4-3-7(19,20)8(21,22)9(23,24)10(25,26)11(27,28)12(29,30)13(31,32)14(33,34)15(35,36)16(37,38)17(39,40)18(41,42)43/h1,3-4H2,2H3. The Morgan fingerprint density at radius 2 is 0.667 bits per heavy atom. The Bertz CT molecular complexity index is 1110. The maximum Gasteiger partial charge on any atom is 0.460 e. The van der Waals surface area contributed by atoms with Gasteiger partial charge in [-0.2, -0.15) is 110 Å². The summed E-state index contributed by atoms with van der Waals surface area (Å²) in [6.45, 7) is 1.22. The Morgan fingerprint density at radius 1 is 0.444 bits per heavy atom. The minimum absolute atomic E-state index is 0.713. The molecule has 0 aliphatic heterocycles. The molecule has 0 unspecified atom stereocenters. The first-order valence-corrected chi connectivity index (χ1v) is 10.1. The highest BCUT2D eigenvalue weighted by atomic mass is 19.4. The maximum atomic E-state index is 13.8. The SMILES string of the molecule is C=C(C)C(=O)OCCC(F)(F)C(F)(F)C(F)(F)C(F)(F)C(F)(F)C(F)(F)C(F)(F)C(F)(F)C(F)(F)C(F)(F)C(F)(F)C(F)(F)F. The lowest BCUT2D eigenvalue weighted by atomic mass is 9.84. The summed E-state index contributed by atoms with van der Waals surface area (Å²) < 4.78 is 337. The van der Waals surface area contributed by atoms with Crippen LogP contribution in [0.15, 0.2) is 12.2 Å². The zero-order valence-corrected chi connectivity index (χ0v) is 20.4. The first-order chi connectivity index (χ1) is 19.1. The fourth-order valence-electron chi connectivity index (χ4n) is 2.54. The number of alkyl halides is 25. The van der Waals surface area contributed by atoms with Gasteiger partial charge in [0.15, 0.2) is 0 Å². The Labute approximate surface area is 230 Å². The summed E-state index contributed by atoms with van der Waals surface area (Å²) in [7, 11) is 0. The number of esters is 1. The van der Waals surface area contributed by atoms with Gasteiger partial charge in [0, 0.05) is 5.57 Å². The number of hydrogen-bond acceptors (Lipinski definition) is 2. The van der Waals surface area contributed by atoms with Crippen LogP contribution in [0, 0.1) is 0 Å². The predicted molar refractivity (Wildman–Crippen MR) is 90.9 cm³/mol. The van der Waals surface area contributed by atoms with E-state index in [0.717, 1.165) is 0 Å². The Balaban J connectivity index is 7.11. The van der Waals surface area contributed by atoms with Gasteiger partial charge in [0.2, 0.25) is 0 Å². The van der Waals surface area contributed by atoms with Gasteiger partial charge in [0.05, 0.1) is 13.0 Å². The van der Waals surface area contributed by atoms with Gasteiger partial charge in [-0.05, 0) is 6.92 Å². The molecule has 0 fully saturated rings. The number of carbonyl (C=O) groups is 1. The van der Waals surface area contributed by atoms with Gasteiger partial charge in [0.1, 0.15) is 0 Å². The van der Waals surface area contributed by atoms with Crippen molar-refractivity contribution < 1.29 is 119 Å². The first-order valence-electron chi connectivity index (χ1n) is 10.1. The van der Waals surface area contributed by atoms with E-state index in [2.05, 4.69) is 11.3 Å². The average Bonchev–Trinajstić information content (AvgIpc) is 2.81. The van der Waals surface area contributed by atoms with Gasteiger partial charge < -0.3 is 4.74 Å². The number of halogens is 25. The van der Waals surface area contributed by atoms with Gasteiger partial charge in [0.25, 0.3) is 0 Å². The minimum Gasteiger partial charge on any atom is -0.462 e. The van der Waals surface area contributed by atoms with Crippen LogP contribution in [0.4, 0.5) is 110 Å². The largest absolute Gasteiger partial charge is 0.462 e. The molecule has 0 saturated heterocycles. The lowest BCUT2D eigenvalue weighted by Crippen LogP contribution is -2.78. The van der Waals surface area contributed by atoms with E-state index in [1.54, 1.807) is 0 Å². The van der Waals surface area contributed by atoms with Crippen molar-refractivity contribution in [3.63, 3.8) is 0 Å². The summed E-state index contributed by atoms with van der Waals surface area (Å²) in [5, 5.41) is 0.